The molecule has 2 aromatic carbocycles. The fourth-order valence-corrected chi connectivity index (χ4v) is 4.89. The van der Waals surface area contributed by atoms with Gasteiger partial charge in [0.2, 0.25) is 0 Å². The van der Waals surface area contributed by atoms with Gasteiger partial charge in [0.1, 0.15) is 11.6 Å². The zero-order chi connectivity index (χ0) is 24.4. The number of hydrogen-bond donors (Lipinski definition) is 0. The first kappa shape index (κ1) is 22.9. The number of nitrogens with zero attached hydrogens (tertiary/aromatic N) is 4. The Balaban J connectivity index is 1.41. The van der Waals surface area contributed by atoms with E-state index in [1.807, 2.05) is 66.9 Å². The van der Waals surface area contributed by atoms with E-state index >= 15 is 0 Å². The Bertz CT molecular complexity index is 1460. The second-order valence-electron chi connectivity index (χ2n) is 8.15. The van der Waals surface area contributed by atoms with Gasteiger partial charge in [0.05, 0.1) is 18.6 Å². The van der Waals surface area contributed by atoms with Gasteiger partial charge in [-0.15, -0.1) is 10.2 Å². The number of aromatic nitrogens is 4. The third-order valence-electron chi connectivity index (χ3n) is 5.85. The average Bonchev–Trinajstić information content (AvgIpc) is 3.60. The first-order chi connectivity index (χ1) is 17.0. The molecule has 5 aromatic rings. The van der Waals surface area contributed by atoms with Crippen LogP contribution in [0.3, 0.4) is 0 Å². The lowest BCUT2D eigenvalue weighted by atomic mass is 10.2. The lowest BCUT2D eigenvalue weighted by Crippen LogP contribution is -2.08. The summed E-state index contributed by atoms with van der Waals surface area (Å²) in [5.41, 5.74) is 4.19. The van der Waals surface area contributed by atoms with Crippen LogP contribution in [0.2, 0.25) is 0 Å². The van der Waals surface area contributed by atoms with Crippen LogP contribution in [-0.2, 0) is 6.54 Å². The van der Waals surface area contributed by atoms with Crippen LogP contribution in [0, 0.1) is 19.7 Å². The summed E-state index contributed by atoms with van der Waals surface area (Å²) in [7, 11) is 0. The Morgan fingerprint density at radius 1 is 1.00 bits per heavy atom. The number of ketones is 1. The number of Topliss-reactive ketones (excluding diaryl/α,β-unsaturated/α-hetero) is 1. The maximum atomic E-state index is 13.5. The van der Waals surface area contributed by atoms with Gasteiger partial charge < -0.3 is 8.98 Å². The molecule has 3 heterocycles. The molecule has 0 spiro atoms. The van der Waals surface area contributed by atoms with Gasteiger partial charge in [-0.05, 0) is 68.4 Å². The van der Waals surface area contributed by atoms with E-state index < -0.39 is 0 Å². The molecule has 0 fully saturated rings. The fourth-order valence-electron chi connectivity index (χ4n) is 4.05. The van der Waals surface area contributed by atoms with Crippen molar-refractivity contribution in [3.8, 4) is 17.1 Å². The van der Waals surface area contributed by atoms with Crippen molar-refractivity contribution in [2.45, 2.75) is 25.5 Å². The van der Waals surface area contributed by atoms with Gasteiger partial charge in [0.25, 0.3) is 0 Å². The molecule has 0 N–H and O–H groups in total. The molecule has 0 saturated carbocycles. The van der Waals surface area contributed by atoms with Crippen molar-refractivity contribution in [1.29, 1.82) is 0 Å². The van der Waals surface area contributed by atoms with E-state index in [2.05, 4.69) is 14.8 Å². The first-order valence-corrected chi connectivity index (χ1v) is 12.1. The highest BCUT2D eigenvalue weighted by atomic mass is 32.2. The summed E-state index contributed by atoms with van der Waals surface area (Å²) >= 11 is 1.33. The van der Waals surface area contributed by atoms with Crippen LogP contribution in [0.5, 0.6) is 0 Å². The number of thioether (sulfide) groups is 1. The van der Waals surface area contributed by atoms with Crippen LogP contribution < -0.4 is 0 Å². The summed E-state index contributed by atoms with van der Waals surface area (Å²) in [6.07, 6.45) is 1.65. The Labute approximate surface area is 206 Å². The van der Waals surface area contributed by atoms with E-state index in [1.54, 1.807) is 18.4 Å². The van der Waals surface area contributed by atoms with Crippen LogP contribution >= 0.6 is 11.8 Å². The SMILES string of the molecule is Cc1cc(C(=O)CSc2nnc(-c3ccc(F)cc3)n2-c2ccccc2)c(C)n1Cc1ccco1. The third kappa shape index (κ3) is 4.70. The molecule has 0 radical (unpaired) electrons. The smallest absolute Gasteiger partial charge is 0.196 e. The molecule has 0 saturated heterocycles. The number of halogens is 1. The molecule has 176 valence electrons. The zero-order valence-corrected chi connectivity index (χ0v) is 20.1. The van der Waals surface area contributed by atoms with Crippen molar-refractivity contribution in [2.75, 3.05) is 5.75 Å². The van der Waals surface area contributed by atoms with Gasteiger partial charge in [-0.2, -0.15) is 0 Å². The molecule has 5 rings (SSSR count). The minimum absolute atomic E-state index is 0.0136. The van der Waals surface area contributed by atoms with Gasteiger partial charge in [-0.1, -0.05) is 30.0 Å². The minimum Gasteiger partial charge on any atom is -0.467 e. The lowest BCUT2D eigenvalue weighted by Gasteiger charge is -2.10. The Morgan fingerprint density at radius 3 is 2.49 bits per heavy atom. The number of carbonyl (C=O) groups excluding carboxylic acids is 1. The standard InChI is InChI=1S/C27H23FN4O2S/c1-18-15-24(19(2)31(18)16-23-9-6-14-34-23)25(33)17-35-27-30-29-26(20-10-12-21(28)13-11-20)32(27)22-7-4-3-5-8-22/h3-15H,16-17H2,1-2H3. The highest BCUT2D eigenvalue weighted by Crippen LogP contribution is 2.29. The molecule has 0 aliphatic heterocycles. The summed E-state index contributed by atoms with van der Waals surface area (Å²) < 4.78 is 22.9. The van der Waals surface area contributed by atoms with E-state index in [-0.39, 0.29) is 17.4 Å². The molecule has 0 unspecified atom stereocenters. The molecule has 35 heavy (non-hydrogen) atoms. The first-order valence-electron chi connectivity index (χ1n) is 11.1. The quantitative estimate of drug-likeness (QED) is 0.196. The molecule has 3 aromatic heterocycles. The number of rotatable bonds is 8. The van der Waals surface area contributed by atoms with Gasteiger partial charge in [-0.3, -0.25) is 9.36 Å². The highest BCUT2D eigenvalue weighted by Gasteiger charge is 2.20. The van der Waals surface area contributed by atoms with Crippen LogP contribution in [-0.4, -0.2) is 30.9 Å². The van der Waals surface area contributed by atoms with Crippen molar-refractivity contribution in [2.24, 2.45) is 0 Å². The Hall–Kier alpha value is -3.91. The molecular formula is C27H23FN4O2S. The summed E-state index contributed by atoms with van der Waals surface area (Å²) in [6, 6.07) is 21.5. The Kier molecular flexibility index (Phi) is 6.37. The maximum absolute atomic E-state index is 13.5. The van der Waals surface area contributed by atoms with Gasteiger partial charge in [0, 0.05) is 28.2 Å². The predicted molar refractivity (Wildman–Crippen MR) is 134 cm³/mol. The summed E-state index contributed by atoms with van der Waals surface area (Å²) in [5.74, 6) is 1.33. The zero-order valence-electron chi connectivity index (χ0n) is 19.3. The van der Waals surface area contributed by atoms with Crippen molar-refractivity contribution in [1.82, 2.24) is 19.3 Å². The van der Waals surface area contributed by atoms with Crippen LogP contribution in [0.4, 0.5) is 4.39 Å². The van der Waals surface area contributed by atoms with Crippen molar-refractivity contribution < 1.29 is 13.6 Å². The number of carbonyl (C=O) groups is 1. The molecule has 0 atom stereocenters. The van der Waals surface area contributed by atoms with Gasteiger partial charge >= 0.3 is 0 Å². The van der Waals surface area contributed by atoms with Crippen molar-refractivity contribution in [3.63, 3.8) is 0 Å². The molecular weight excluding hydrogens is 463 g/mol. The van der Waals surface area contributed by atoms with E-state index in [4.69, 9.17) is 4.42 Å². The summed E-state index contributed by atoms with van der Waals surface area (Å²) in [5, 5.41) is 9.32. The number of para-hydroxylation sites is 1. The van der Waals surface area contributed by atoms with Gasteiger partial charge in [0.15, 0.2) is 16.8 Å². The van der Waals surface area contributed by atoms with E-state index in [0.717, 1.165) is 28.4 Å². The molecule has 8 heteroatoms. The normalized spacial score (nSPS) is 11.2. The molecule has 0 bridgehead atoms. The second-order valence-corrected chi connectivity index (χ2v) is 9.09. The highest BCUT2D eigenvalue weighted by molar-refractivity contribution is 7.99. The molecule has 0 aliphatic carbocycles. The van der Waals surface area contributed by atoms with E-state index in [0.29, 0.717) is 23.1 Å². The number of aryl methyl sites for hydroxylation is 1. The minimum atomic E-state index is -0.315. The number of hydrogen-bond acceptors (Lipinski definition) is 5. The van der Waals surface area contributed by atoms with Gasteiger partial charge in [-0.25, -0.2) is 4.39 Å². The summed E-state index contributed by atoms with van der Waals surface area (Å²) in [6.45, 7) is 4.52. The van der Waals surface area contributed by atoms with Crippen LogP contribution in [0.15, 0.2) is 88.6 Å². The van der Waals surface area contributed by atoms with Crippen molar-refractivity contribution in [3.05, 3.63) is 108 Å². The largest absolute Gasteiger partial charge is 0.467 e. The summed E-state index contributed by atoms with van der Waals surface area (Å²) in [4.78, 5) is 13.2. The van der Waals surface area contributed by atoms with E-state index in [1.165, 1.54) is 23.9 Å². The molecule has 0 aliphatic rings. The second kappa shape index (κ2) is 9.76. The van der Waals surface area contributed by atoms with Crippen molar-refractivity contribution >= 4 is 17.5 Å². The number of furan rings is 1. The molecule has 0 amide bonds. The van der Waals surface area contributed by atoms with E-state index in [9.17, 15) is 9.18 Å². The number of benzene rings is 2. The molecule has 6 nitrogen and oxygen atoms in total. The topological polar surface area (TPSA) is 65.8 Å². The van der Waals surface area contributed by atoms with Crippen LogP contribution in [0.1, 0.15) is 27.5 Å². The predicted octanol–water partition coefficient (Wildman–Crippen LogP) is 6.11. The fraction of sp³-hybridized carbons (Fsp3) is 0.148. The average molecular weight is 487 g/mol. The lowest BCUT2D eigenvalue weighted by molar-refractivity contribution is 0.102. The monoisotopic (exact) mass is 486 g/mol. The Morgan fingerprint density at radius 2 is 1.77 bits per heavy atom. The van der Waals surface area contributed by atoms with Crippen LogP contribution in [0.25, 0.3) is 17.1 Å². The maximum Gasteiger partial charge on any atom is 0.196 e. The third-order valence-corrected chi connectivity index (χ3v) is 6.78.